The molecule has 0 heterocycles. The predicted octanol–water partition coefficient (Wildman–Crippen LogP) is 5.94. The highest BCUT2D eigenvalue weighted by molar-refractivity contribution is 6.55. The molecule has 0 bridgehead atoms. The van der Waals surface area contributed by atoms with Crippen LogP contribution in [0.3, 0.4) is 0 Å². The number of nitrogens with zero attached hydrogens (tertiary/aromatic N) is 2. The minimum absolute atomic E-state index is 0.0448. The highest BCUT2D eigenvalue weighted by Crippen LogP contribution is 2.34. The van der Waals surface area contributed by atoms with E-state index in [1.165, 1.54) is 25.3 Å². The summed E-state index contributed by atoms with van der Waals surface area (Å²) in [6.07, 6.45) is 2.05. The van der Waals surface area contributed by atoms with Crippen LogP contribution in [-0.4, -0.2) is 31.0 Å². The molecule has 0 aliphatic rings. The van der Waals surface area contributed by atoms with E-state index in [-0.39, 0.29) is 16.8 Å². The highest BCUT2D eigenvalue weighted by Gasteiger charge is 2.14. The van der Waals surface area contributed by atoms with Crippen LogP contribution < -0.4 is 9.47 Å². The molecule has 30 heavy (non-hydrogen) atoms. The second kappa shape index (κ2) is 11.6. The van der Waals surface area contributed by atoms with Gasteiger partial charge in [0, 0.05) is 30.2 Å². The molecular weight excluding hydrogens is 455 g/mol. The van der Waals surface area contributed by atoms with Gasteiger partial charge in [-0.15, -0.1) is 0 Å². The number of ether oxygens (including phenoxy) is 2. The van der Waals surface area contributed by atoms with Gasteiger partial charge in [0.25, 0.3) is 5.69 Å². The maximum absolute atomic E-state index is 10.7. The minimum atomic E-state index is -0.440. The van der Waals surface area contributed by atoms with Crippen LogP contribution in [-0.2, 0) is 11.3 Å². The van der Waals surface area contributed by atoms with Crippen LogP contribution in [0.4, 0.5) is 5.69 Å². The molecule has 0 spiro atoms. The van der Waals surface area contributed by atoms with Crippen molar-refractivity contribution >= 4 is 46.2 Å². The van der Waals surface area contributed by atoms with Gasteiger partial charge < -0.3 is 14.3 Å². The Kier molecular flexibility index (Phi) is 9.23. The minimum Gasteiger partial charge on any atom is -0.494 e. The fraction of sp³-hybridized carbons (Fsp3) is 0.250. The lowest BCUT2D eigenvalue weighted by Crippen LogP contribution is -2.04. The van der Waals surface area contributed by atoms with Crippen LogP contribution in [0.1, 0.15) is 18.1 Å². The average Bonchev–Trinajstić information content (AvgIpc) is 2.70. The molecule has 2 aromatic carbocycles. The lowest BCUT2D eigenvalue weighted by atomic mass is 10.1. The van der Waals surface area contributed by atoms with Crippen molar-refractivity contribution in [3.05, 3.63) is 73.2 Å². The maximum Gasteiger partial charge on any atom is 0.269 e. The molecule has 160 valence electrons. The standard InChI is InChI=1S/C20H19Cl3N2O5/c1-13(24-30-10-7-14-3-5-15(6-4-14)25(26)27)17-11-16(29-9-8-19(22)23)12-18(21)20(17)28-2/h3-6,8,11-12H,7,9-10H2,1-2H3/b24-13+. The van der Waals surface area contributed by atoms with Crippen molar-refractivity contribution in [1.29, 1.82) is 0 Å². The van der Waals surface area contributed by atoms with Gasteiger partial charge in [-0.25, -0.2) is 0 Å². The van der Waals surface area contributed by atoms with Crippen LogP contribution in [0.15, 0.2) is 52.1 Å². The second-order valence-electron chi connectivity index (χ2n) is 5.97. The molecule has 0 aliphatic carbocycles. The summed E-state index contributed by atoms with van der Waals surface area (Å²) in [5.74, 6) is 0.928. The molecular formula is C20H19Cl3N2O5. The summed E-state index contributed by atoms with van der Waals surface area (Å²) < 4.78 is 11.0. The van der Waals surface area contributed by atoms with Crippen molar-refractivity contribution in [3.63, 3.8) is 0 Å². The third kappa shape index (κ3) is 7.09. The van der Waals surface area contributed by atoms with Gasteiger partial charge in [-0.1, -0.05) is 52.1 Å². The van der Waals surface area contributed by atoms with Crippen LogP contribution in [0.2, 0.25) is 5.02 Å². The summed E-state index contributed by atoms with van der Waals surface area (Å²) in [5, 5.41) is 15.2. The van der Waals surface area contributed by atoms with E-state index in [2.05, 4.69) is 5.16 Å². The summed E-state index contributed by atoms with van der Waals surface area (Å²) in [7, 11) is 1.50. The Hall–Kier alpha value is -2.48. The molecule has 0 saturated heterocycles. The van der Waals surface area contributed by atoms with Crippen molar-refractivity contribution in [1.82, 2.24) is 0 Å². The van der Waals surface area contributed by atoms with Crippen LogP contribution in [0.5, 0.6) is 11.5 Å². The van der Waals surface area contributed by atoms with E-state index in [0.29, 0.717) is 40.8 Å². The van der Waals surface area contributed by atoms with Crippen molar-refractivity contribution in [2.24, 2.45) is 5.16 Å². The highest BCUT2D eigenvalue weighted by atomic mass is 35.5. The zero-order valence-electron chi connectivity index (χ0n) is 16.2. The molecule has 7 nitrogen and oxygen atoms in total. The third-order valence-electron chi connectivity index (χ3n) is 3.93. The molecule has 2 rings (SSSR count). The summed E-state index contributed by atoms with van der Waals surface area (Å²) in [5.41, 5.74) is 2.09. The molecule has 0 unspecified atom stereocenters. The Morgan fingerprint density at radius 2 is 1.93 bits per heavy atom. The zero-order valence-corrected chi connectivity index (χ0v) is 18.5. The van der Waals surface area contributed by atoms with Crippen LogP contribution in [0, 0.1) is 10.1 Å². The number of oxime groups is 1. The zero-order chi connectivity index (χ0) is 22.1. The van der Waals surface area contributed by atoms with Gasteiger partial charge in [0.15, 0.2) is 0 Å². The molecule has 0 aliphatic heterocycles. The molecule has 0 atom stereocenters. The first kappa shape index (κ1) is 23.8. The largest absolute Gasteiger partial charge is 0.494 e. The number of hydrogen-bond donors (Lipinski definition) is 0. The molecule has 10 heteroatoms. The number of non-ortho nitro benzene ring substituents is 1. The summed E-state index contributed by atoms with van der Waals surface area (Å²) in [4.78, 5) is 15.6. The summed E-state index contributed by atoms with van der Waals surface area (Å²) >= 11 is 17.4. The van der Waals surface area contributed by atoms with Gasteiger partial charge in [-0.3, -0.25) is 10.1 Å². The Morgan fingerprint density at radius 3 is 2.53 bits per heavy atom. The van der Waals surface area contributed by atoms with Crippen molar-refractivity contribution in [2.75, 3.05) is 20.3 Å². The Bertz CT molecular complexity index is 942. The van der Waals surface area contributed by atoms with Crippen molar-refractivity contribution in [3.8, 4) is 11.5 Å². The van der Waals surface area contributed by atoms with E-state index < -0.39 is 4.92 Å². The van der Waals surface area contributed by atoms with E-state index in [0.717, 1.165) is 5.56 Å². The molecule has 0 radical (unpaired) electrons. The second-order valence-corrected chi connectivity index (χ2v) is 7.39. The predicted molar refractivity (Wildman–Crippen MR) is 118 cm³/mol. The molecule has 0 fully saturated rings. The quantitative estimate of drug-likeness (QED) is 0.185. The molecule has 0 aromatic heterocycles. The summed E-state index contributed by atoms with van der Waals surface area (Å²) in [6, 6.07) is 9.61. The van der Waals surface area contributed by atoms with E-state index in [4.69, 9.17) is 49.1 Å². The lowest BCUT2D eigenvalue weighted by Gasteiger charge is -2.13. The fourth-order valence-electron chi connectivity index (χ4n) is 2.47. The number of nitro benzene ring substituents is 1. The Labute approximate surface area is 188 Å². The topological polar surface area (TPSA) is 83.2 Å². The fourth-order valence-corrected chi connectivity index (χ4v) is 2.88. The van der Waals surface area contributed by atoms with Gasteiger partial charge in [0.1, 0.15) is 29.2 Å². The van der Waals surface area contributed by atoms with E-state index in [1.54, 1.807) is 31.2 Å². The van der Waals surface area contributed by atoms with Gasteiger partial charge in [-0.2, -0.15) is 0 Å². The third-order valence-corrected chi connectivity index (χ3v) is 4.52. The normalized spacial score (nSPS) is 11.0. The van der Waals surface area contributed by atoms with E-state index in [9.17, 15) is 10.1 Å². The first-order valence-corrected chi connectivity index (χ1v) is 9.87. The van der Waals surface area contributed by atoms with Gasteiger partial charge >= 0.3 is 0 Å². The average molecular weight is 474 g/mol. The number of hydrogen-bond acceptors (Lipinski definition) is 6. The van der Waals surface area contributed by atoms with Gasteiger partial charge in [0.05, 0.1) is 22.8 Å². The number of nitro groups is 1. The lowest BCUT2D eigenvalue weighted by molar-refractivity contribution is -0.384. The molecule has 2 aromatic rings. The Morgan fingerprint density at radius 1 is 1.23 bits per heavy atom. The number of methoxy groups -OCH3 is 1. The first-order valence-electron chi connectivity index (χ1n) is 8.73. The van der Waals surface area contributed by atoms with Gasteiger partial charge in [-0.05, 0) is 24.6 Å². The smallest absolute Gasteiger partial charge is 0.269 e. The van der Waals surface area contributed by atoms with Crippen LogP contribution >= 0.6 is 34.8 Å². The van der Waals surface area contributed by atoms with E-state index in [1.807, 2.05) is 0 Å². The van der Waals surface area contributed by atoms with Gasteiger partial charge in [0.2, 0.25) is 0 Å². The van der Waals surface area contributed by atoms with Crippen LogP contribution in [0.25, 0.3) is 0 Å². The SMILES string of the molecule is COc1c(Cl)cc(OCC=C(Cl)Cl)cc1/C(C)=N/OCCc1ccc([N+](=O)[O-])cc1. The summed E-state index contributed by atoms with van der Waals surface area (Å²) in [6.45, 7) is 2.21. The number of halogens is 3. The van der Waals surface area contributed by atoms with Crippen molar-refractivity contribution in [2.45, 2.75) is 13.3 Å². The van der Waals surface area contributed by atoms with E-state index >= 15 is 0 Å². The maximum atomic E-state index is 10.7. The number of benzene rings is 2. The monoisotopic (exact) mass is 472 g/mol. The van der Waals surface area contributed by atoms with Crippen molar-refractivity contribution < 1.29 is 19.2 Å². The molecule has 0 N–H and O–H groups in total. The molecule has 0 saturated carbocycles. The Balaban J connectivity index is 2.05. The number of rotatable bonds is 10. The molecule has 0 amide bonds. The first-order chi connectivity index (χ1) is 14.3.